The van der Waals surface area contributed by atoms with E-state index >= 15 is 0 Å². The number of rotatable bonds is 3. The molecule has 0 aliphatic carbocycles. The Morgan fingerprint density at radius 1 is 1.70 bits per heavy atom. The summed E-state index contributed by atoms with van der Waals surface area (Å²) in [5.74, 6) is 0.771. The number of hydrogen-bond acceptors (Lipinski definition) is 4. The van der Waals surface area contributed by atoms with E-state index in [9.17, 15) is 0 Å². The number of nitrogens with zero attached hydrogens (tertiary/aromatic N) is 3. The summed E-state index contributed by atoms with van der Waals surface area (Å²) in [7, 11) is 0. The van der Waals surface area contributed by atoms with Crippen LogP contribution in [0.5, 0.6) is 0 Å². The van der Waals surface area contributed by atoms with E-state index in [1.807, 2.05) is 6.20 Å². The lowest BCUT2D eigenvalue weighted by Gasteiger charge is -1.91. The van der Waals surface area contributed by atoms with Crippen molar-refractivity contribution >= 4 is 12.6 Å². The molecule has 1 aromatic rings. The van der Waals surface area contributed by atoms with Gasteiger partial charge in [-0.15, -0.1) is 5.10 Å². The van der Waals surface area contributed by atoms with Crippen LogP contribution in [-0.2, 0) is 13.1 Å². The Morgan fingerprint density at radius 2 is 2.50 bits per heavy atom. The van der Waals surface area contributed by atoms with Gasteiger partial charge >= 0.3 is 0 Å². The van der Waals surface area contributed by atoms with Crippen LogP contribution in [0.4, 0.5) is 0 Å². The Hall–Kier alpha value is -0.550. The van der Waals surface area contributed by atoms with Crippen molar-refractivity contribution in [2.24, 2.45) is 5.73 Å². The highest BCUT2D eigenvalue weighted by atomic mass is 32.1. The fourth-order valence-corrected chi connectivity index (χ4v) is 0.849. The van der Waals surface area contributed by atoms with Crippen LogP contribution in [-0.4, -0.2) is 20.7 Å². The lowest BCUT2D eigenvalue weighted by atomic mass is 10.5. The molecule has 0 saturated heterocycles. The van der Waals surface area contributed by atoms with Crippen LogP contribution in [0, 0.1) is 0 Å². The maximum atomic E-state index is 5.32. The molecule has 0 aliphatic rings. The summed E-state index contributed by atoms with van der Waals surface area (Å²) in [4.78, 5) is 0. The average molecular weight is 158 g/mol. The van der Waals surface area contributed by atoms with Crippen LogP contribution in [0.2, 0.25) is 0 Å². The summed E-state index contributed by atoms with van der Waals surface area (Å²) in [6.45, 7) is 1.24. The number of aromatic nitrogens is 3. The average Bonchev–Trinajstić information content (AvgIpc) is 2.37. The van der Waals surface area contributed by atoms with Gasteiger partial charge in [0.25, 0.3) is 0 Å². The van der Waals surface area contributed by atoms with Crippen LogP contribution in [0.15, 0.2) is 6.20 Å². The fourth-order valence-electron chi connectivity index (χ4n) is 0.644. The highest BCUT2D eigenvalue weighted by Crippen LogP contribution is 1.90. The van der Waals surface area contributed by atoms with E-state index < -0.39 is 0 Å². The topological polar surface area (TPSA) is 56.7 Å². The quantitative estimate of drug-likeness (QED) is 0.592. The van der Waals surface area contributed by atoms with Gasteiger partial charge in [0, 0.05) is 18.5 Å². The zero-order valence-electron chi connectivity index (χ0n) is 5.56. The van der Waals surface area contributed by atoms with Gasteiger partial charge in [-0.2, -0.15) is 12.6 Å². The second-order valence-electron chi connectivity index (χ2n) is 1.90. The van der Waals surface area contributed by atoms with Gasteiger partial charge < -0.3 is 5.73 Å². The van der Waals surface area contributed by atoms with E-state index in [0.29, 0.717) is 6.54 Å². The molecule has 0 saturated carbocycles. The number of aryl methyl sites for hydroxylation is 1. The van der Waals surface area contributed by atoms with E-state index in [1.165, 1.54) is 0 Å². The van der Waals surface area contributed by atoms with Gasteiger partial charge in [-0.1, -0.05) is 5.21 Å². The molecule has 4 nitrogen and oxygen atoms in total. The third-order valence-electron chi connectivity index (χ3n) is 1.12. The van der Waals surface area contributed by atoms with Crippen LogP contribution < -0.4 is 5.73 Å². The van der Waals surface area contributed by atoms with Gasteiger partial charge in [-0.3, -0.25) is 4.68 Å². The molecule has 0 atom stereocenters. The first-order valence-corrected chi connectivity index (χ1v) is 3.70. The highest BCUT2D eigenvalue weighted by molar-refractivity contribution is 7.80. The van der Waals surface area contributed by atoms with E-state index in [-0.39, 0.29) is 0 Å². The molecule has 0 aromatic carbocycles. The summed E-state index contributed by atoms with van der Waals surface area (Å²) in [5, 5.41) is 7.62. The van der Waals surface area contributed by atoms with Crippen molar-refractivity contribution in [2.45, 2.75) is 13.1 Å². The summed E-state index contributed by atoms with van der Waals surface area (Å²) in [6, 6.07) is 0. The van der Waals surface area contributed by atoms with Crippen molar-refractivity contribution in [2.75, 3.05) is 5.75 Å². The number of hydrogen-bond donors (Lipinski definition) is 2. The largest absolute Gasteiger partial charge is 0.325 e. The van der Waals surface area contributed by atoms with Crippen molar-refractivity contribution < 1.29 is 0 Å². The number of nitrogens with two attached hydrogens (primary N) is 1. The molecule has 0 fully saturated rings. The molecule has 1 aromatic heterocycles. The summed E-state index contributed by atoms with van der Waals surface area (Å²) >= 11 is 4.05. The molecule has 0 spiro atoms. The molecule has 0 unspecified atom stereocenters. The second-order valence-corrected chi connectivity index (χ2v) is 2.35. The van der Waals surface area contributed by atoms with E-state index in [2.05, 4.69) is 22.9 Å². The lowest BCUT2D eigenvalue weighted by Crippen LogP contribution is -1.99. The van der Waals surface area contributed by atoms with Gasteiger partial charge in [0.2, 0.25) is 0 Å². The Morgan fingerprint density at radius 3 is 3.00 bits per heavy atom. The maximum absolute atomic E-state index is 5.32. The van der Waals surface area contributed by atoms with Gasteiger partial charge in [0.05, 0.1) is 12.2 Å². The van der Waals surface area contributed by atoms with Gasteiger partial charge in [0.15, 0.2) is 0 Å². The third kappa shape index (κ3) is 1.71. The van der Waals surface area contributed by atoms with E-state index in [4.69, 9.17) is 5.73 Å². The minimum Gasteiger partial charge on any atom is -0.325 e. The molecule has 0 amide bonds. The van der Waals surface area contributed by atoms with Gasteiger partial charge in [0.1, 0.15) is 0 Å². The monoisotopic (exact) mass is 158 g/mol. The molecule has 0 radical (unpaired) electrons. The fraction of sp³-hybridized carbons (Fsp3) is 0.600. The van der Waals surface area contributed by atoms with Gasteiger partial charge in [-0.25, -0.2) is 0 Å². The van der Waals surface area contributed by atoms with Crippen molar-refractivity contribution in [1.29, 1.82) is 0 Å². The standard InChI is InChI=1S/C5H10N4S/c6-3-5-4-9(1-2-10)8-7-5/h4,10H,1-3,6H2. The molecule has 0 bridgehead atoms. The van der Waals surface area contributed by atoms with Crippen molar-refractivity contribution in [3.8, 4) is 0 Å². The molecule has 56 valence electrons. The van der Waals surface area contributed by atoms with Crippen molar-refractivity contribution in [1.82, 2.24) is 15.0 Å². The lowest BCUT2D eigenvalue weighted by molar-refractivity contribution is 0.633. The molecule has 1 heterocycles. The van der Waals surface area contributed by atoms with Crippen LogP contribution in [0.25, 0.3) is 0 Å². The summed E-state index contributed by atoms with van der Waals surface area (Å²) < 4.78 is 1.73. The molecular weight excluding hydrogens is 148 g/mol. The van der Waals surface area contributed by atoms with Crippen LogP contribution in [0.3, 0.4) is 0 Å². The third-order valence-corrected chi connectivity index (χ3v) is 1.32. The summed E-state index contributed by atoms with van der Waals surface area (Å²) in [5.41, 5.74) is 6.15. The first-order valence-electron chi connectivity index (χ1n) is 3.06. The van der Waals surface area contributed by atoms with Crippen molar-refractivity contribution in [3.63, 3.8) is 0 Å². The van der Waals surface area contributed by atoms with Crippen LogP contribution in [0.1, 0.15) is 5.69 Å². The molecule has 2 N–H and O–H groups in total. The summed E-state index contributed by atoms with van der Waals surface area (Å²) in [6.07, 6.45) is 1.83. The Balaban J connectivity index is 2.59. The second kappa shape index (κ2) is 3.58. The Bertz CT molecular complexity index is 197. The first-order chi connectivity index (χ1) is 4.86. The maximum Gasteiger partial charge on any atom is 0.0962 e. The molecule has 1 rings (SSSR count). The molecule has 5 heteroatoms. The first kappa shape index (κ1) is 7.56. The van der Waals surface area contributed by atoms with Crippen LogP contribution >= 0.6 is 12.6 Å². The minimum absolute atomic E-state index is 0.451. The Kier molecular flexibility index (Phi) is 2.70. The van der Waals surface area contributed by atoms with Gasteiger partial charge in [-0.05, 0) is 0 Å². The molecular formula is C5H10N4S. The van der Waals surface area contributed by atoms with Crippen molar-refractivity contribution in [3.05, 3.63) is 11.9 Å². The Labute approximate surface area is 64.8 Å². The van der Waals surface area contributed by atoms with E-state index in [0.717, 1.165) is 18.0 Å². The zero-order valence-corrected chi connectivity index (χ0v) is 6.46. The zero-order chi connectivity index (χ0) is 7.40. The molecule has 0 aliphatic heterocycles. The minimum atomic E-state index is 0.451. The predicted octanol–water partition coefficient (Wildman–Crippen LogP) is -0.333. The smallest absolute Gasteiger partial charge is 0.0962 e. The van der Waals surface area contributed by atoms with E-state index in [1.54, 1.807) is 4.68 Å². The predicted molar refractivity (Wildman–Crippen MR) is 41.8 cm³/mol. The molecule has 10 heavy (non-hydrogen) atoms. The SMILES string of the molecule is NCc1cn(CCS)nn1. The number of thiol groups is 1. The normalized spacial score (nSPS) is 10.2. The highest BCUT2D eigenvalue weighted by Gasteiger charge is 1.95.